The van der Waals surface area contributed by atoms with E-state index in [0.717, 1.165) is 24.3 Å². The van der Waals surface area contributed by atoms with E-state index in [4.69, 9.17) is 21.7 Å². The first-order chi connectivity index (χ1) is 25.2. The standard InChI is InChI=1S/C23H26N6O19S6/c1-12-19(24)21(28-26-15-4-2-13(10-17(15)53(37,38)39)51(33,34)8-6-43-49-47-45-31)23(30)22(20(12)25)29-27-16-5-3-14(11-18(16)54(40,41)42)52(35,36)9-7-44-50-48-46-32/h2-5,10-11,24,26-27,31-32H,6-9,25H2,1H3,(H,37,38,39)(H,40,41,42). The minimum Gasteiger partial charge on any atom is -0.397 e. The van der Waals surface area contributed by atoms with E-state index in [1.54, 1.807) is 0 Å². The van der Waals surface area contributed by atoms with Gasteiger partial charge in [-0.05, 0) is 43.3 Å². The summed E-state index contributed by atoms with van der Waals surface area (Å²) in [6.07, 6.45) is 0. The molecule has 0 radical (unpaired) electrons. The molecule has 0 bridgehead atoms. The Kier molecular flexibility index (Phi) is 15.6. The molecule has 0 spiro atoms. The van der Waals surface area contributed by atoms with Crippen molar-refractivity contribution in [3.63, 3.8) is 0 Å². The topological polar surface area (TPSA) is 389 Å². The monoisotopic (exact) mass is 882 g/mol. The first-order valence-corrected chi connectivity index (χ1v) is 21.2. The van der Waals surface area contributed by atoms with Crippen LogP contribution in [-0.2, 0) is 67.0 Å². The zero-order valence-corrected chi connectivity index (χ0v) is 31.5. The van der Waals surface area contributed by atoms with Gasteiger partial charge in [0, 0.05) is 5.56 Å². The second-order valence-electron chi connectivity index (χ2n) is 9.86. The van der Waals surface area contributed by atoms with Crippen LogP contribution in [0.1, 0.15) is 5.56 Å². The lowest BCUT2D eigenvalue weighted by Gasteiger charge is -2.10. The molecule has 298 valence electrons. The zero-order chi connectivity index (χ0) is 40.5. The Labute approximate surface area is 312 Å². The van der Waals surface area contributed by atoms with Crippen molar-refractivity contribution < 1.29 is 80.4 Å². The summed E-state index contributed by atoms with van der Waals surface area (Å²) in [4.78, 5) is 10.2. The van der Waals surface area contributed by atoms with Crippen LogP contribution in [0.5, 0.6) is 0 Å². The van der Waals surface area contributed by atoms with E-state index in [0.29, 0.717) is 12.1 Å². The largest absolute Gasteiger partial charge is 0.397 e. The first kappa shape index (κ1) is 44.8. The van der Waals surface area contributed by atoms with Gasteiger partial charge in [-0.3, -0.25) is 38.5 Å². The summed E-state index contributed by atoms with van der Waals surface area (Å²) in [5.41, 5.74) is 7.50. The predicted molar refractivity (Wildman–Crippen MR) is 182 cm³/mol. The number of hydrogen-bond donors (Lipinski definition) is 8. The minimum atomic E-state index is -5.16. The third-order valence-electron chi connectivity index (χ3n) is 6.54. The lowest BCUT2D eigenvalue weighted by molar-refractivity contribution is -0.434. The Morgan fingerprint density at radius 1 is 0.741 bits per heavy atom. The van der Waals surface area contributed by atoms with Crippen molar-refractivity contribution in [1.29, 1.82) is 5.41 Å². The van der Waals surface area contributed by atoms with Crippen molar-refractivity contribution in [2.24, 2.45) is 10.2 Å². The van der Waals surface area contributed by atoms with Gasteiger partial charge in [-0.1, -0.05) is 10.1 Å². The summed E-state index contributed by atoms with van der Waals surface area (Å²) in [7, 11) is -18.8. The molecule has 3 aromatic rings. The Bertz CT molecular complexity index is 2550. The molecule has 0 aromatic heterocycles. The predicted octanol–water partition coefficient (Wildman–Crippen LogP) is -0.809. The van der Waals surface area contributed by atoms with Crippen molar-refractivity contribution in [3.8, 4) is 0 Å². The van der Waals surface area contributed by atoms with E-state index in [-0.39, 0.29) is 30.2 Å². The van der Waals surface area contributed by atoms with Gasteiger partial charge in [0.15, 0.2) is 55.0 Å². The van der Waals surface area contributed by atoms with Crippen LogP contribution in [0.3, 0.4) is 0 Å². The fourth-order valence-corrected chi connectivity index (χ4v) is 8.30. The van der Waals surface area contributed by atoms with Gasteiger partial charge in [-0.25, -0.2) is 27.4 Å². The quantitative estimate of drug-likeness (QED) is 0.0172. The number of benzene rings is 3. The summed E-state index contributed by atoms with van der Waals surface area (Å²) in [5, 5.41) is 36.5. The van der Waals surface area contributed by atoms with Gasteiger partial charge in [0.1, 0.15) is 9.79 Å². The highest BCUT2D eigenvalue weighted by atomic mass is 32.2. The molecule has 0 unspecified atom stereocenters. The highest BCUT2D eigenvalue weighted by Crippen LogP contribution is 2.27. The zero-order valence-electron chi connectivity index (χ0n) is 26.6. The van der Waals surface area contributed by atoms with Gasteiger partial charge >= 0.3 is 0 Å². The maximum absolute atomic E-state index is 13.4. The molecule has 0 aliphatic rings. The lowest BCUT2D eigenvalue weighted by Crippen LogP contribution is -2.51. The fourth-order valence-electron chi connectivity index (χ4n) is 3.95. The van der Waals surface area contributed by atoms with E-state index >= 15 is 0 Å². The molecule has 0 fully saturated rings. The maximum Gasteiger partial charge on any atom is 0.296 e. The number of nitrogens with zero attached hydrogens (tertiary/aromatic N) is 2. The molecule has 0 saturated carbocycles. The first-order valence-electron chi connectivity index (χ1n) is 13.6. The van der Waals surface area contributed by atoms with Crippen LogP contribution < -0.4 is 38.1 Å². The third-order valence-corrected chi connectivity index (χ3v) is 12.4. The lowest BCUT2D eigenvalue weighted by atomic mass is 10.1. The van der Waals surface area contributed by atoms with Crippen molar-refractivity contribution in [2.45, 2.75) is 26.5 Å². The Morgan fingerprint density at radius 2 is 1.15 bits per heavy atom. The number of anilines is 3. The molecule has 0 heterocycles. The van der Waals surface area contributed by atoms with Crippen LogP contribution in [0.25, 0.3) is 0 Å². The second kappa shape index (κ2) is 18.8. The summed E-state index contributed by atoms with van der Waals surface area (Å²) in [6.45, 7) is 0.217. The van der Waals surface area contributed by atoms with Gasteiger partial charge in [-0.15, -0.1) is 8.67 Å². The molecule has 3 rings (SSSR count). The summed E-state index contributed by atoms with van der Waals surface area (Å²) >= 11 is 0.188. The second-order valence-corrected chi connectivity index (χ2v) is 17.9. The molecule has 0 aliphatic heterocycles. The average molecular weight is 883 g/mol. The normalized spacial score (nSPS) is 13.4. The van der Waals surface area contributed by atoms with Crippen molar-refractivity contribution in [2.75, 3.05) is 41.3 Å². The molecular formula is C23H26N6O19S6. The number of nitrogens with one attached hydrogen (secondary N) is 3. The van der Waals surface area contributed by atoms with Crippen molar-refractivity contribution >= 4 is 81.6 Å². The number of hydrogen-bond acceptors (Lipinski definition) is 25. The molecule has 0 saturated heterocycles. The van der Waals surface area contributed by atoms with Gasteiger partial charge in [-0.2, -0.15) is 27.0 Å². The van der Waals surface area contributed by atoms with Gasteiger partial charge in [0.2, 0.25) is 5.43 Å². The highest BCUT2D eigenvalue weighted by Gasteiger charge is 2.24. The summed E-state index contributed by atoms with van der Waals surface area (Å²) in [6, 6.07) is 4.74. The smallest absolute Gasteiger partial charge is 0.296 e. The third kappa shape index (κ3) is 11.7. The van der Waals surface area contributed by atoms with Crippen LogP contribution in [0, 0.1) is 12.3 Å². The van der Waals surface area contributed by atoms with Crippen LogP contribution >= 0.6 is 24.6 Å². The van der Waals surface area contributed by atoms with E-state index in [2.05, 4.69) is 48.2 Å². The summed E-state index contributed by atoms with van der Waals surface area (Å²) in [5.74, 6) is -1.46. The number of nitrogens with two attached hydrogens (primary N) is 1. The van der Waals surface area contributed by atoms with E-state index in [9.17, 15) is 47.6 Å². The van der Waals surface area contributed by atoms with Gasteiger partial charge in [0.25, 0.3) is 20.2 Å². The molecule has 25 nitrogen and oxygen atoms in total. The molecule has 0 aliphatic carbocycles. The van der Waals surface area contributed by atoms with Gasteiger partial charge in [0.05, 0.1) is 56.9 Å². The van der Waals surface area contributed by atoms with Crippen LogP contribution in [0.15, 0.2) is 71.0 Å². The van der Waals surface area contributed by atoms with Gasteiger partial charge < -0.3 is 5.73 Å². The van der Waals surface area contributed by atoms with Crippen LogP contribution in [0.2, 0.25) is 0 Å². The average Bonchev–Trinajstić information content (AvgIpc) is 3.09. The van der Waals surface area contributed by atoms with E-state index < -0.39 is 123 Å². The molecule has 0 atom stereocenters. The van der Waals surface area contributed by atoms with E-state index in [1.165, 1.54) is 6.92 Å². The van der Waals surface area contributed by atoms with Crippen LogP contribution in [0.4, 0.5) is 17.1 Å². The number of sulfone groups is 2. The number of nitrogen functional groups attached to an aromatic ring is 1. The molecule has 0 amide bonds. The molecular weight excluding hydrogens is 857 g/mol. The Balaban J connectivity index is 2.04. The Hall–Kier alpha value is -3.64. The molecule has 3 aromatic carbocycles. The molecule has 54 heavy (non-hydrogen) atoms. The molecule has 9 N–H and O–H groups in total. The molecule has 31 heteroatoms. The fraction of sp³-hybridized carbons (Fsp3) is 0.217. The summed E-state index contributed by atoms with van der Waals surface area (Å²) < 4.78 is 136. The maximum atomic E-state index is 13.4. The SMILES string of the molecule is Cc1c(N)c(=NNc2ccc(S(=O)(=O)CCOSOOO)cc2S(=O)(=O)O)c(=O)c(=NNc2ccc(S(=O)(=O)CCOSOOO)cc2S(=O)(=O)O)c1=N. The highest BCUT2D eigenvalue weighted by molar-refractivity contribution is 7.92. The van der Waals surface area contributed by atoms with Crippen molar-refractivity contribution in [3.05, 3.63) is 68.3 Å². The number of rotatable bonds is 20. The van der Waals surface area contributed by atoms with Crippen LogP contribution in [-0.4, -0.2) is 78.0 Å². The van der Waals surface area contributed by atoms with E-state index in [1.807, 2.05) is 0 Å². The minimum absolute atomic E-state index is 0.0933. The Morgan fingerprint density at radius 3 is 1.54 bits per heavy atom. The van der Waals surface area contributed by atoms with Crippen molar-refractivity contribution in [1.82, 2.24) is 0 Å².